The molecule has 0 aromatic heterocycles. The van der Waals surface area contributed by atoms with Gasteiger partial charge in [0.1, 0.15) is 12.2 Å². The van der Waals surface area contributed by atoms with Crippen LogP contribution in [0.1, 0.15) is 6.92 Å². The Morgan fingerprint density at radius 3 is 2.27 bits per heavy atom. The first kappa shape index (κ1) is 8.89. The zero-order chi connectivity index (χ0) is 8.59. The molecule has 0 radical (unpaired) electrons. The summed E-state index contributed by atoms with van der Waals surface area (Å²) in [5.41, 5.74) is 5.29. The molecule has 5 nitrogen and oxygen atoms in total. The molecule has 0 unspecified atom stereocenters. The Balaban J connectivity index is 2.63. The first-order chi connectivity index (χ1) is 5.04. The van der Waals surface area contributed by atoms with E-state index in [1.54, 1.807) is 6.92 Å². The molecule has 0 aliphatic carbocycles. The second kappa shape index (κ2) is 3.04. The molecule has 5 heteroatoms. The molecule has 66 valence electrons. The molecule has 0 spiro atoms. The van der Waals surface area contributed by atoms with Crippen molar-refractivity contribution in [3.63, 3.8) is 0 Å². The van der Waals surface area contributed by atoms with Crippen LogP contribution in [0.15, 0.2) is 0 Å². The highest BCUT2D eigenvalue weighted by atomic mass is 16.6. The van der Waals surface area contributed by atoms with Crippen LogP contribution in [0.3, 0.4) is 0 Å². The van der Waals surface area contributed by atoms with Gasteiger partial charge < -0.3 is 25.8 Å². The summed E-state index contributed by atoms with van der Waals surface area (Å²) >= 11 is 0. The van der Waals surface area contributed by atoms with E-state index in [2.05, 4.69) is 0 Å². The van der Waals surface area contributed by atoms with Gasteiger partial charge in [-0.2, -0.15) is 0 Å². The zero-order valence-electron chi connectivity index (χ0n) is 6.21. The van der Waals surface area contributed by atoms with Crippen LogP contribution in [0.5, 0.6) is 0 Å². The monoisotopic (exact) mass is 163 g/mol. The van der Waals surface area contributed by atoms with Crippen molar-refractivity contribution in [2.45, 2.75) is 37.6 Å². The van der Waals surface area contributed by atoms with E-state index in [1.807, 2.05) is 0 Å². The molecule has 1 heterocycles. The number of hydrogen-bond acceptors (Lipinski definition) is 5. The summed E-state index contributed by atoms with van der Waals surface area (Å²) in [6.45, 7) is 1.56. The van der Waals surface area contributed by atoms with Gasteiger partial charge >= 0.3 is 0 Å². The van der Waals surface area contributed by atoms with Crippen molar-refractivity contribution in [2.75, 3.05) is 0 Å². The van der Waals surface area contributed by atoms with Crippen molar-refractivity contribution in [1.29, 1.82) is 0 Å². The lowest BCUT2D eigenvalue weighted by atomic mass is 9.99. The van der Waals surface area contributed by atoms with Gasteiger partial charge in [-0.3, -0.25) is 0 Å². The smallest absolute Gasteiger partial charge is 0.172 e. The molecule has 5 N–H and O–H groups in total. The molecule has 1 saturated heterocycles. The Labute approximate surface area is 64.4 Å². The van der Waals surface area contributed by atoms with E-state index in [0.29, 0.717) is 0 Å². The topological polar surface area (TPSA) is 95.9 Å². The minimum atomic E-state index is -1.19. The Hall–Kier alpha value is -0.200. The van der Waals surface area contributed by atoms with Gasteiger partial charge in [-0.15, -0.1) is 0 Å². The molecule has 0 bridgehead atoms. The zero-order valence-corrected chi connectivity index (χ0v) is 6.21. The minimum Gasteiger partial charge on any atom is -0.388 e. The van der Waals surface area contributed by atoms with Gasteiger partial charge in [0.2, 0.25) is 0 Å². The Kier molecular flexibility index (Phi) is 2.46. The highest BCUT2D eigenvalue weighted by molar-refractivity contribution is 4.88. The average molecular weight is 163 g/mol. The molecule has 1 fully saturated rings. The normalized spacial score (nSPS) is 52.6. The second-order valence-corrected chi connectivity index (χ2v) is 2.79. The largest absolute Gasteiger partial charge is 0.388 e. The summed E-state index contributed by atoms with van der Waals surface area (Å²) in [4.78, 5) is 0. The van der Waals surface area contributed by atoms with Gasteiger partial charge in [-0.25, -0.2) is 0 Å². The molecule has 1 rings (SSSR count). The van der Waals surface area contributed by atoms with Crippen LogP contribution in [0.4, 0.5) is 0 Å². The molecular formula is C6H13NO4. The van der Waals surface area contributed by atoms with E-state index in [0.717, 1.165) is 0 Å². The summed E-state index contributed by atoms with van der Waals surface area (Å²) < 4.78 is 4.80. The highest BCUT2D eigenvalue weighted by Gasteiger charge is 2.39. The van der Waals surface area contributed by atoms with Crippen molar-refractivity contribution < 1.29 is 20.1 Å². The van der Waals surface area contributed by atoms with Crippen molar-refractivity contribution in [3.8, 4) is 0 Å². The van der Waals surface area contributed by atoms with Gasteiger partial charge in [0.05, 0.1) is 12.1 Å². The number of nitrogens with two attached hydrogens (primary N) is 1. The predicted molar refractivity (Wildman–Crippen MR) is 36.5 cm³/mol. The van der Waals surface area contributed by atoms with E-state index < -0.39 is 30.6 Å². The third-order valence-electron chi connectivity index (χ3n) is 1.91. The van der Waals surface area contributed by atoms with Crippen LogP contribution < -0.4 is 5.73 Å². The van der Waals surface area contributed by atoms with Crippen LogP contribution in [-0.4, -0.2) is 46.0 Å². The summed E-state index contributed by atoms with van der Waals surface area (Å²) in [7, 11) is 0. The molecule has 1 aliphatic heterocycles. The molecule has 1 aliphatic rings. The fraction of sp³-hybridized carbons (Fsp3) is 1.00. The summed E-state index contributed by atoms with van der Waals surface area (Å²) in [5, 5.41) is 27.4. The lowest BCUT2D eigenvalue weighted by Crippen LogP contribution is -2.60. The summed E-state index contributed by atoms with van der Waals surface area (Å²) in [5.74, 6) is 0. The second-order valence-electron chi connectivity index (χ2n) is 2.79. The predicted octanol–water partition coefficient (Wildman–Crippen LogP) is -2.23. The first-order valence-electron chi connectivity index (χ1n) is 3.49. The van der Waals surface area contributed by atoms with Gasteiger partial charge in [0.15, 0.2) is 6.29 Å². The molecule has 0 aromatic carbocycles. The van der Waals surface area contributed by atoms with E-state index in [1.165, 1.54) is 0 Å². The van der Waals surface area contributed by atoms with Crippen LogP contribution in [0, 0.1) is 0 Å². The quantitative estimate of drug-likeness (QED) is 0.324. The average Bonchev–Trinajstić information content (AvgIpc) is 1.97. The number of rotatable bonds is 0. The first-order valence-corrected chi connectivity index (χ1v) is 3.49. The lowest BCUT2D eigenvalue weighted by molar-refractivity contribution is -0.236. The third-order valence-corrected chi connectivity index (χ3v) is 1.91. The Bertz CT molecular complexity index is 129. The summed E-state index contributed by atoms with van der Waals surface area (Å²) in [6.07, 6.45) is -3.91. The third kappa shape index (κ3) is 1.52. The van der Waals surface area contributed by atoms with E-state index in [9.17, 15) is 5.11 Å². The molecule has 0 aromatic rings. The van der Waals surface area contributed by atoms with Gasteiger partial charge in [-0.1, -0.05) is 0 Å². The summed E-state index contributed by atoms with van der Waals surface area (Å²) in [6, 6.07) is -0.929. The van der Waals surface area contributed by atoms with E-state index in [4.69, 9.17) is 20.7 Å². The maximum atomic E-state index is 9.17. The van der Waals surface area contributed by atoms with Crippen LogP contribution in [0.2, 0.25) is 0 Å². The fourth-order valence-corrected chi connectivity index (χ4v) is 1.07. The van der Waals surface area contributed by atoms with E-state index >= 15 is 0 Å². The molecule has 0 amide bonds. The minimum absolute atomic E-state index is 0.584. The highest BCUT2D eigenvalue weighted by Crippen LogP contribution is 2.17. The number of aliphatic hydroxyl groups excluding tert-OH is 3. The fourth-order valence-electron chi connectivity index (χ4n) is 1.07. The lowest BCUT2D eigenvalue weighted by Gasteiger charge is -2.37. The van der Waals surface area contributed by atoms with Crippen LogP contribution in [0.25, 0.3) is 0 Å². The standard InChI is InChI=1S/C6H13NO4/c1-2-4(8)5(9)3(7)6(10)11-2/h2-6,8-10H,7H2,1H3/t2-,3+,4-,5+,6-/m0/s1. The SMILES string of the molecule is C[C@@H]1O[C@H](O)[C@H](N)[C@@H](O)[C@H]1O. The van der Waals surface area contributed by atoms with Crippen molar-refractivity contribution >= 4 is 0 Å². The van der Waals surface area contributed by atoms with Crippen molar-refractivity contribution in [3.05, 3.63) is 0 Å². The molecule has 11 heavy (non-hydrogen) atoms. The van der Waals surface area contributed by atoms with Crippen molar-refractivity contribution in [1.82, 2.24) is 0 Å². The van der Waals surface area contributed by atoms with Crippen molar-refractivity contribution in [2.24, 2.45) is 5.73 Å². The Morgan fingerprint density at radius 2 is 1.73 bits per heavy atom. The van der Waals surface area contributed by atoms with Gasteiger partial charge in [-0.05, 0) is 6.92 Å². The Morgan fingerprint density at radius 1 is 1.18 bits per heavy atom. The van der Waals surface area contributed by atoms with Crippen LogP contribution in [-0.2, 0) is 4.74 Å². The number of aliphatic hydroxyl groups is 3. The number of hydrogen-bond donors (Lipinski definition) is 4. The maximum Gasteiger partial charge on any atom is 0.172 e. The van der Waals surface area contributed by atoms with Gasteiger partial charge in [0, 0.05) is 0 Å². The maximum absolute atomic E-state index is 9.17. The van der Waals surface area contributed by atoms with E-state index in [-0.39, 0.29) is 0 Å². The molecule has 0 saturated carbocycles. The molecular weight excluding hydrogens is 150 g/mol. The number of ether oxygens (including phenoxy) is 1. The molecule has 5 atom stereocenters. The van der Waals surface area contributed by atoms with Crippen LogP contribution >= 0.6 is 0 Å². The van der Waals surface area contributed by atoms with Gasteiger partial charge in [0.25, 0.3) is 0 Å².